The summed E-state index contributed by atoms with van der Waals surface area (Å²) in [6, 6.07) is 4.65. The molecule has 1 aromatic carbocycles. The first kappa shape index (κ1) is 16.2. The molecule has 122 valence electrons. The Balaban J connectivity index is 1.48. The second-order valence-electron chi connectivity index (χ2n) is 5.41. The maximum atomic E-state index is 13.4. The summed E-state index contributed by atoms with van der Waals surface area (Å²) in [4.78, 5) is 18.1. The lowest BCUT2D eigenvalue weighted by Crippen LogP contribution is -2.31. The van der Waals surface area contributed by atoms with E-state index in [1.807, 2.05) is 5.38 Å². The maximum absolute atomic E-state index is 13.4. The number of hydrogen-bond donors (Lipinski definition) is 0. The Kier molecular flexibility index (Phi) is 5.13. The molecule has 0 bridgehead atoms. The Bertz CT molecular complexity index is 681. The highest BCUT2D eigenvalue weighted by Crippen LogP contribution is 2.21. The lowest BCUT2D eigenvalue weighted by Gasteiger charge is -2.16. The van der Waals surface area contributed by atoms with E-state index in [-0.39, 0.29) is 17.0 Å². The fraction of sp³-hybridized carbons (Fsp3) is 0.375. The summed E-state index contributed by atoms with van der Waals surface area (Å²) in [5.74, 6) is -0.389. The van der Waals surface area contributed by atoms with Crippen LogP contribution in [0.15, 0.2) is 29.8 Å². The van der Waals surface area contributed by atoms with E-state index in [1.54, 1.807) is 17.2 Å². The zero-order valence-electron chi connectivity index (χ0n) is 12.4. The molecule has 1 atom stereocenters. The summed E-state index contributed by atoms with van der Waals surface area (Å²) in [5, 5.41) is 2.60. The van der Waals surface area contributed by atoms with Crippen molar-refractivity contribution in [2.75, 3.05) is 13.1 Å². The van der Waals surface area contributed by atoms with Crippen LogP contribution in [0.25, 0.3) is 0 Å². The van der Waals surface area contributed by atoms with Gasteiger partial charge in [0.15, 0.2) is 0 Å². The first-order chi connectivity index (χ1) is 11.1. The van der Waals surface area contributed by atoms with Gasteiger partial charge in [-0.2, -0.15) is 0 Å². The molecule has 0 radical (unpaired) electrons. The Morgan fingerprint density at radius 3 is 3.13 bits per heavy atom. The largest absolute Gasteiger partial charge is 0.465 e. The molecule has 1 fully saturated rings. The van der Waals surface area contributed by atoms with Crippen LogP contribution in [0.2, 0.25) is 5.02 Å². The van der Waals surface area contributed by atoms with Crippen LogP contribution in [0.5, 0.6) is 5.19 Å². The van der Waals surface area contributed by atoms with Crippen molar-refractivity contribution in [1.29, 1.82) is 0 Å². The van der Waals surface area contributed by atoms with Crippen molar-refractivity contribution >= 4 is 28.8 Å². The number of thiazole rings is 1. The number of halogens is 2. The SMILES string of the molecule is O=C(CCc1ccc(Cl)c(F)c1)N1CCC(Oc2nccs2)C1. The van der Waals surface area contributed by atoms with Crippen molar-refractivity contribution in [3.05, 3.63) is 46.2 Å². The molecule has 3 rings (SSSR count). The number of carbonyl (C=O) groups is 1. The number of carbonyl (C=O) groups excluding carboxylic acids is 1. The van der Waals surface area contributed by atoms with Gasteiger partial charge in [-0.05, 0) is 24.1 Å². The van der Waals surface area contributed by atoms with E-state index in [9.17, 15) is 9.18 Å². The average Bonchev–Trinajstić information content (AvgIpc) is 3.20. The van der Waals surface area contributed by atoms with Crippen molar-refractivity contribution in [2.45, 2.75) is 25.4 Å². The van der Waals surface area contributed by atoms with Crippen molar-refractivity contribution < 1.29 is 13.9 Å². The molecular formula is C16H16ClFN2O2S. The third-order valence-electron chi connectivity index (χ3n) is 3.79. The highest BCUT2D eigenvalue weighted by molar-refractivity contribution is 7.11. The number of aromatic nitrogens is 1. The number of ether oxygens (including phenoxy) is 1. The van der Waals surface area contributed by atoms with Gasteiger partial charge in [0.2, 0.25) is 5.91 Å². The lowest BCUT2D eigenvalue weighted by molar-refractivity contribution is -0.130. The minimum Gasteiger partial charge on any atom is -0.465 e. The summed E-state index contributed by atoms with van der Waals surface area (Å²) in [6.07, 6.45) is 3.36. The van der Waals surface area contributed by atoms with Gasteiger partial charge in [0.25, 0.3) is 5.19 Å². The Morgan fingerprint density at radius 2 is 2.39 bits per heavy atom. The van der Waals surface area contributed by atoms with E-state index in [0.29, 0.717) is 31.1 Å². The molecule has 2 heterocycles. The second-order valence-corrected chi connectivity index (χ2v) is 6.68. The van der Waals surface area contributed by atoms with Crippen molar-refractivity contribution in [3.8, 4) is 5.19 Å². The smallest absolute Gasteiger partial charge is 0.273 e. The van der Waals surface area contributed by atoms with Crippen molar-refractivity contribution in [1.82, 2.24) is 9.88 Å². The van der Waals surface area contributed by atoms with Crippen LogP contribution in [0.1, 0.15) is 18.4 Å². The van der Waals surface area contributed by atoms with Crippen LogP contribution in [0.4, 0.5) is 4.39 Å². The number of amides is 1. The predicted octanol–water partition coefficient (Wildman–Crippen LogP) is 3.55. The maximum Gasteiger partial charge on any atom is 0.273 e. The van der Waals surface area contributed by atoms with Crippen LogP contribution in [0.3, 0.4) is 0 Å². The van der Waals surface area contributed by atoms with Gasteiger partial charge in [-0.15, -0.1) is 0 Å². The number of aryl methyl sites for hydroxylation is 1. The number of benzene rings is 1. The minimum atomic E-state index is -0.449. The standard InChI is InChI=1S/C16H16ClFN2O2S/c17-13-3-1-11(9-14(13)18)2-4-15(21)20-7-5-12(10-20)22-16-19-6-8-23-16/h1,3,6,8-9,12H,2,4-5,7,10H2. The first-order valence-electron chi connectivity index (χ1n) is 7.39. The van der Waals surface area contributed by atoms with E-state index in [1.165, 1.54) is 23.5 Å². The summed E-state index contributed by atoms with van der Waals surface area (Å²) < 4.78 is 19.1. The van der Waals surface area contributed by atoms with E-state index >= 15 is 0 Å². The first-order valence-corrected chi connectivity index (χ1v) is 8.65. The Morgan fingerprint density at radius 1 is 1.52 bits per heavy atom. The van der Waals surface area contributed by atoms with Crippen LogP contribution in [-0.4, -0.2) is 35.0 Å². The summed E-state index contributed by atoms with van der Waals surface area (Å²) in [6.45, 7) is 1.26. The monoisotopic (exact) mass is 354 g/mol. The summed E-state index contributed by atoms with van der Waals surface area (Å²) in [5.41, 5.74) is 0.773. The molecule has 1 aliphatic heterocycles. The molecule has 0 saturated carbocycles. The van der Waals surface area contributed by atoms with E-state index < -0.39 is 5.82 Å². The molecule has 7 heteroatoms. The number of hydrogen-bond acceptors (Lipinski definition) is 4. The van der Waals surface area contributed by atoms with Gasteiger partial charge in [-0.3, -0.25) is 4.79 Å². The van der Waals surface area contributed by atoms with Gasteiger partial charge in [-0.1, -0.05) is 29.0 Å². The molecule has 2 aromatic rings. The van der Waals surface area contributed by atoms with Gasteiger partial charge in [-0.25, -0.2) is 9.37 Å². The van der Waals surface area contributed by atoms with E-state index in [2.05, 4.69) is 4.98 Å². The summed E-state index contributed by atoms with van der Waals surface area (Å²) >= 11 is 7.10. The number of likely N-dealkylation sites (tertiary alicyclic amines) is 1. The van der Waals surface area contributed by atoms with Gasteiger partial charge >= 0.3 is 0 Å². The third-order valence-corrected chi connectivity index (χ3v) is 4.75. The highest BCUT2D eigenvalue weighted by Gasteiger charge is 2.27. The van der Waals surface area contributed by atoms with Gasteiger partial charge in [0.1, 0.15) is 11.9 Å². The predicted molar refractivity (Wildman–Crippen MR) is 87.5 cm³/mol. The van der Waals surface area contributed by atoms with Gasteiger partial charge in [0.05, 0.1) is 11.6 Å². The Labute approximate surface area is 142 Å². The highest BCUT2D eigenvalue weighted by atomic mass is 35.5. The zero-order chi connectivity index (χ0) is 16.2. The molecule has 0 aliphatic carbocycles. The molecule has 1 unspecified atom stereocenters. The molecule has 1 amide bonds. The fourth-order valence-electron chi connectivity index (χ4n) is 2.57. The normalized spacial score (nSPS) is 17.5. The van der Waals surface area contributed by atoms with Crippen LogP contribution in [-0.2, 0) is 11.2 Å². The van der Waals surface area contributed by atoms with Crippen molar-refractivity contribution in [3.63, 3.8) is 0 Å². The summed E-state index contributed by atoms with van der Waals surface area (Å²) in [7, 11) is 0. The molecule has 1 aliphatic rings. The molecule has 0 spiro atoms. The molecule has 23 heavy (non-hydrogen) atoms. The number of rotatable bonds is 5. The molecule has 1 saturated heterocycles. The average molecular weight is 355 g/mol. The molecule has 1 aromatic heterocycles. The van der Waals surface area contributed by atoms with E-state index in [0.717, 1.165) is 12.0 Å². The molecule has 0 N–H and O–H groups in total. The number of nitrogens with zero attached hydrogens (tertiary/aromatic N) is 2. The van der Waals surface area contributed by atoms with Crippen molar-refractivity contribution in [2.24, 2.45) is 0 Å². The quantitative estimate of drug-likeness (QED) is 0.824. The second kappa shape index (κ2) is 7.27. The lowest BCUT2D eigenvalue weighted by atomic mass is 10.1. The van der Waals surface area contributed by atoms with E-state index in [4.69, 9.17) is 16.3 Å². The minimum absolute atomic E-state index is 0.00178. The van der Waals surface area contributed by atoms with Crippen LogP contribution in [0, 0.1) is 5.82 Å². The topological polar surface area (TPSA) is 42.4 Å². The Hall–Kier alpha value is -1.66. The van der Waals surface area contributed by atoms with Crippen LogP contribution >= 0.6 is 22.9 Å². The third kappa shape index (κ3) is 4.20. The molecule has 4 nitrogen and oxygen atoms in total. The van der Waals surface area contributed by atoms with Gasteiger partial charge < -0.3 is 9.64 Å². The fourth-order valence-corrected chi connectivity index (χ4v) is 3.24. The van der Waals surface area contributed by atoms with Crippen LogP contribution < -0.4 is 4.74 Å². The molecular weight excluding hydrogens is 339 g/mol. The van der Waals surface area contributed by atoms with Gasteiger partial charge in [0, 0.05) is 31.0 Å². The zero-order valence-corrected chi connectivity index (χ0v) is 13.9.